The maximum atomic E-state index is 13.0. The van der Waals surface area contributed by atoms with Crippen LogP contribution in [-0.2, 0) is 0 Å². The predicted molar refractivity (Wildman–Crippen MR) is 54.3 cm³/mol. The molecule has 0 saturated heterocycles. The van der Waals surface area contributed by atoms with Gasteiger partial charge in [0.2, 0.25) is 0 Å². The van der Waals surface area contributed by atoms with Gasteiger partial charge in [-0.1, -0.05) is 6.92 Å². The van der Waals surface area contributed by atoms with E-state index in [9.17, 15) is 48.3 Å². The van der Waals surface area contributed by atoms with Gasteiger partial charge in [-0.2, -0.15) is 48.3 Å². The van der Waals surface area contributed by atoms with Crippen LogP contribution in [0.25, 0.3) is 0 Å². The van der Waals surface area contributed by atoms with E-state index >= 15 is 0 Å². The fourth-order valence-electron chi connectivity index (χ4n) is 1.83. The Balaban J connectivity index is 5.15. The second-order valence-corrected chi connectivity index (χ2v) is 5.42. The molecule has 22 heavy (non-hydrogen) atoms. The Kier molecular flexibility index (Phi) is 6.16. The first kappa shape index (κ1) is 21.2. The molecule has 0 N–H and O–H groups in total. The van der Waals surface area contributed by atoms with E-state index < -0.39 is 62.0 Å². The Morgan fingerprint density at radius 1 is 0.545 bits per heavy atom. The van der Waals surface area contributed by atoms with Crippen molar-refractivity contribution >= 4 is 0 Å². The lowest BCUT2D eigenvalue weighted by atomic mass is 9.76. The molecular formula is C11H13F11. The SMILES string of the molecule is CC(CCC(F)(F)F)(CCC(F)(F)F)CC(F)(F)C(F)(F)F. The second kappa shape index (κ2) is 6.38. The van der Waals surface area contributed by atoms with E-state index in [-0.39, 0.29) is 0 Å². The van der Waals surface area contributed by atoms with Crippen LogP contribution in [0.15, 0.2) is 0 Å². The molecule has 0 saturated carbocycles. The Morgan fingerprint density at radius 2 is 0.864 bits per heavy atom. The summed E-state index contributed by atoms with van der Waals surface area (Å²) < 4.78 is 135. The summed E-state index contributed by atoms with van der Waals surface area (Å²) in [6.45, 7) is 0.574. The molecule has 0 aromatic carbocycles. The van der Waals surface area contributed by atoms with Gasteiger partial charge in [0.15, 0.2) is 0 Å². The van der Waals surface area contributed by atoms with Crippen LogP contribution in [0.2, 0.25) is 0 Å². The maximum absolute atomic E-state index is 13.0. The third kappa shape index (κ3) is 8.02. The zero-order valence-electron chi connectivity index (χ0n) is 11.2. The van der Waals surface area contributed by atoms with Crippen LogP contribution in [0.1, 0.15) is 39.0 Å². The van der Waals surface area contributed by atoms with Gasteiger partial charge in [0.05, 0.1) is 0 Å². The fraction of sp³-hybridized carbons (Fsp3) is 1.00. The molecule has 0 radical (unpaired) electrons. The summed E-state index contributed by atoms with van der Waals surface area (Å²) in [6.07, 6.45) is -23.9. The minimum absolute atomic E-state index is 0.574. The van der Waals surface area contributed by atoms with E-state index in [1.54, 1.807) is 0 Å². The van der Waals surface area contributed by atoms with Crippen molar-refractivity contribution < 1.29 is 48.3 Å². The summed E-state index contributed by atoms with van der Waals surface area (Å²) >= 11 is 0. The lowest BCUT2D eigenvalue weighted by molar-refractivity contribution is -0.294. The number of alkyl halides is 11. The van der Waals surface area contributed by atoms with Gasteiger partial charge in [-0.25, -0.2) is 0 Å². The van der Waals surface area contributed by atoms with E-state index in [4.69, 9.17) is 0 Å². The van der Waals surface area contributed by atoms with E-state index in [1.165, 1.54) is 0 Å². The average Bonchev–Trinajstić information content (AvgIpc) is 2.20. The molecule has 0 bridgehead atoms. The standard InChI is InChI=1S/C11H13F11/c1-7(2-4-9(14,15)16,3-5-10(17,18)19)6-8(12,13)11(20,21)22/h2-6H2,1H3. The van der Waals surface area contributed by atoms with Gasteiger partial charge < -0.3 is 0 Å². The molecule has 0 rings (SSSR count). The van der Waals surface area contributed by atoms with Gasteiger partial charge in [-0.05, 0) is 18.3 Å². The summed E-state index contributed by atoms with van der Waals surface area (Å²) in [5, 5.41) is 0. The molecule has 0 aromatic heterocycles. The Hall–Kier alpha value is -0.770. The predicted octanol–water partition coefficient (Wildman–Crippen LogP) is 6.27. The van der Waals surface area contributed by atoms with Gasteiger partial charge >= 0.3 is 24.5 Å². The highest BCUT2D eigenvalue weighted by molar-refractivity contribution is 4.87. The minimum atomic E-state index is -6.04. The summed E-state index contributed by atoms with van der Waals surface area (Å²) in [5.74, 6) is -5.36. The van der Waals surface area contributed by atoms with Crippen LogP contribution in [0.5, 0.6) is 0 Å². The first-order valence-electron chi connectivity index (χ1n) is 5.95. The van der Waals surface area contributed by atoms with Crippen molar-refractivity contribution in [3.8, 4) is 0 Å². The van der Waals surface area contributed by atoms with E-state index in [1.807, 2.05) is 0 Å². The monoisotopic (exact) mass is 354 g/mol. The van der Waals surface area contributed by atoms with Gasteiger partial charge in [0.1, 0.15) is 0 Å². The van der Waals surface area contributed by atoms with Gasteiger partial charge in [-0.3, -0.25) is 0 Å². The molecule has 0 aliphatic carbocycles. The van der Waals surface area contributed by atoms with Crippen molar-refractivity contribution in [2.75, 3.05) is 0 Å². The summed E-state index contributed by atoms with van der Waals surface area (Å²) in [6, 6.07) is 0. The molecule has 0 spiro atoms. The number of hydrogen-bond donors (Lipinski definition) is 0. The summed E-state index contributed by atoms with van der Waals surface area (Å²) in [7, 11) is 0. The van der Waals surface area contributed by atoms with Gasteiger partial charge in [-0.15, -0.1) is 0 Å². The maximum Gasteiger partial charge on any atom is 0.453 e. The summed E-state index contributed by atoms with van der Waals surface area (Å²) in [5.41, 5.74) is -2.45. The molecule has 0 unspecified atom stereocenters. The van der Waals surface area contributed by atoms with Crippen molar-refractivity contribution in [2.24, 2.45) is 5.41 Å². The highest BCUT2D eigenvalue weighted by Gasteiger charge is 2.60. The van der Waals surface area contributed by atoms with Crippen LogP contribution in [0, 0.1) is 5.41 Å². The third-order valence-corrected chi connectivity index (χ3v) is 3.09. The lowest BCUT2D eigenvalue weighted by Gasteiger charge is -2.34. The minimum Gasteiger partial charge on any atom is -0.196 e. The van der Waals surface area contributed by atoms with Gasteiger partial charge in [0, 0.05) is 19.3 Å². The number of rotatable bonds is 6. The topological polar surface area (TPSA) is 0 Å². The largest absolute Gasteiger partial charge is 0.453 e. The Labute approximate surface area is 118 Å². The van der Waals surface area contributed by atoms with Crippen molar-refractivity contribution in [3.63, 3.8) is 0 Å². The normalized spacial score (nSPS) is 15.3. The smallest absolute Gasteiger partial charge is 0.196 e. The van der Waals surface area contributed by atoms with Crippen molar-refractivity contribution in [1.82, 2.24) is 0 Å². The van der Waals surface area contributed by atoms with Crippen LogP contribution in [0.4, 0.5) is 48.3 Å². The van der Waals surface area contributed by atoms with Gasteiger partial charge in [0.25, 0.3) is 0 Å². The van der Waals surface area contributed by atoms with E-state index in [2.05, 4.69) is 0 Å². The average molecular weight is 354 g/mol. The molecule has 0 aromatic rings. The molecule has 0 nitrogen and oxygen atoms in total. The quantitative estimate of drug-likeness (QED) is 0.494. The van der Waals surface area contributed by atoms with Crippen molar-refractivity contribution in [2.45, 2.75) is 63.5 Å². The van der Waals surface area contributed by atoms with Crippen LogP contribution in [-0.4, -0.2) is 24.5 Å². The number of hydrogen-bond acceptors (Lipinski definition) is 0. The zero-order chi connectivity index (χ0) is 18.0. The molecule has 11 heteroatoms. The molecule has 134 valence electrons. The van der Waals surface area contributed by atoms with Crippen molar-refractivity contribution in [3.05, 3.63) is 0 Å². The molecule has 0 atom stereocenters. The molecule has 0 heterocycles. The lowest BCUT2D eigenvalue weighted by Crippen LogP contribution is -2.41. The Morgan fingerprint density at radius 3 is 1.09 bits per heavy atom. The molecular weight excluding hydrogens is 341 g/mol. The van der Waals surface area contributed by atoms with E-state index in [0.29, 0.717) is 6.92 Å². The zero-order valence-corrected chi connectivity index (χ0v) is 11.2. The third-order valence-electron chi connectivity index (χ3n) is 3.09. The van der Waals surface area contributed by atoms with E-state index in [0.717, 1.165) is 0 Å². The van der Waals surface area contributed by atoms with Crippen LogP contribution in [0.3, 0.4) is 0 Å². The highest BCUT2D eigenvalue weighted by atomic mass is 19.4. The Bertz CT molecular complexity index is 329. The van der Waals surface area contributed by atoms with Crippen molar-refractivity contribution in [1.29, 1.82) is 0 Å². The van der Waals surface area contributed by atoms with Crippen LogP contribution < -0.4 is 0 Å². The number of halogens is 11. The first-order chi connectivity index (χ1) is 9.37. The molecule has 0 aliphatic rings. The second-order valence-electron chi connectivity index (χ2n) is 5.42. The first-order valence-corrected chi connectivity index (χ1v) is 5.95. The fourth-order valence-corrected chi connectivity index (χ4v) is 1.83. The van der Waals surface area contributed by atoms with Crippen LogP contribution >= 0.6 is 0 Å². The molecule has 0 fully saturated rings. The molecule has 0 aliphatic heterocycles. The summed E-state index contributed by atoms with van der Waals surface area (Å²) in [4.78, 5) is 0. The highest BCUT2D eigenvalue weighted by Crippen LogP contribution is 2.49. The molecule has 0 amide bonds.